The minimum absolute atomic E-state index is 0.125. The van der Waals surface area contributed by atoms with Gasteiger partial charge in [0.15, 0.2) is 6.10 Å². The Bertz CT molecular complexity index is 943. The zero-order valence-electron chi connectivity index (χ0n) is 17.1. The van der Waals surface area contributed by atoms with Crippen LogP contribution in [0.25, 0.3) is 6.08 Å². The number of nitrogens with zero attached hydrogens (tertiary/aromatic N) is 2. The van der Waals surface area contributed by atoms with E-state index < -0.39 is 12.1 Å². The maximum atomic E-state index is 12.5. The molecule has 1 heterocycles. The van der Waals surface area contributed by atoms with Crippen LogP contribution in [-0.2, 0) is 16.1 Å². The smallest absolute Gasteiger partial charge is 0.349 e. The Hall–Kier alpha value is -3.13. The molecule has 0 radical (unpaired) electrons. The molecule has 0 amide bonds. The van der Waals surface area contributed by atoms with Crippen LogP contribution in [0.4, 0.5) is 0 Å². The van der Waals surface area contributed by atoms with Gasteiger partial charge >= 0.3 is 5.97 Å². The summed E-state index contributed by atoms with van der Waals surface area (Å²) in [4.78, 5) is 24.9. The molecule has 0 unspecified atom stereocenters. The van der Waals surface area contributed by atoms with Crippen LogP contribution in [0.15, 0.2) is 35.9 Å². The molecule has 0 bridgehead atoms. The van der Waals surface area contributed by atoms with E-state index in [4.69, 9.17) is 4.74 Å². The number of rotatable bonds is 7. The molecule has 0 saturated heterocycles. The molecule has 0 N–H and O–H groups in total. The Labute approximate surface area is 166 Å². The lowest BCUT2D eigenvalue weighted by molar-refractivity contribution is -0.141. The third-order valence-electron chi connectivity index (χ3n) is 4.69. The Kier molecular flexibility index (Phi) is 6.94. The normalized spacial score (nSPS) is 12.4. The Balaban J connectivity index is 2.18. The van der Waals surface area contributed by atoms with Crippen LogP contribution in [-0.4, -0.2) is 22.4 Å². The predicted octanol–water partition coefficient (Wildman–Crippen LogP) is 4.54. The summed E-state index contributed by atoms with van der Waals surface area (Å²) in [7, 11) is 0. The van der Waals surface area contributed by atoms with Crippen molar-refractivity contribution in [3.8, 4) is 6.07 Å². The minimum atomic E-state index is -0.973. The van der Waals surface area contributed by atoms with Crippen molar-refractivity contribution in [2.24, 2.45) is 0 Å². The first kappa shape index (κ1) is 21.2. The minimum Gasteiger partial charge on any atom is -0.450 e. The molecule has 1 aromatic carbocycles. The largest absolute Gasteiger partial charge is 0.450 e. The molecule has 0 aliphatic carbocycles. The van der Waals surface area contributed by atoms with Crippen LogP contribution >= 0.6 is 0 Å². The molecule has 146 valence electrons. The standard InChI is InChI=1S/C23H26N2O3/c1-6-11-25-16(3)12-20(17(25)4)13-21(14-24)23(27)28-18(5)22(26)19-9-7-15(2)8-10-19/h7-10,12-13,18H,6,11H2,1-5H3/b21-13+/t18-/m1/s1. The first-order chi connectivity index (χ1) is 13.3. The van der Waals surface area contributed by atoms with Crippen LogP contribution in [0.2, 0.25) is 0 Å². The first-order valence-corrected chi connectivity index (χ1v) is 9.38. The molecule has 5 nitrogen and oxygen atoms in total. The number of Topliss-reactive ketones (excluding diaryl/α,β-unsaturated/α-hetero) is 1. The molecule has 2 rings (SSSR count). The van der Waals surface area contributed by atoms with E-state index in [1.165, 1.54) is 13.0 Å². The van der Waals surface area contributed by atoms with Gasteiger partial charge in [0.1, 0.15) is 11.6 Å². The number of aromatic nitrogens is 1. The molecule has 5 heteroatoms. The molecule has 0 aliphatic rings. The summed E-state index contributed by atoms with van der Waals surface area (Å²) < 4.78 is 7.41. The van der Waals surface area contributed by atoms with Crippen LogP contribution in [0.1, 0.15) is 53.1 Å². The second-order valence-corrected chi connectivity index (χ2v) is 6.93. The fourth-order valence-electron chi connectivity index (χ4n) is 3.06. The summed E-state index contributed by atoms with van der Waals surface area (Å²) in [5.74, 6) is -1.09. The molecule has 0 fully saturated rings. The Morgan fingerprint density at radius 3 is 2.43 bits per heavy atom. The summed E-state index contributed by atoms with van der Waals surface area (Å²) >= 11 is 0. The van der Waals surface area contributed by atoms with Gasteiger partial charge in [0.25, 0.3) is 0 Å². The number of ketones is 1. The van der Waals surface area contributed by atoms with Crippen molar-refractivity contribution in [3.63, 3.8) is 0 Å². The lowest BCUT2D eigenvalue weighted by Crippen LogP contribution is -2.25. The second-order valence-electron chi connectivity index (χ2n) is 6.93. The lowest BCUT2D eigenvalue weighted by Gasteiger charge is -2.12. The Morgan fingerprint density at radius 1 is 1.21 bits per heavy atom. The van der Waals surface area contributed by atoms with E-state index in [0.717, 1.165) is 35.5 Å². The van der Waals surface area contributed by atoms with Crippen molar-refractivity contribution in [3.05, 3.63) is 64.0 Å². The number of esters is 1. The number of benzene rings is 1. The number of hydrogen-bond acceptors (Lipinski definition) is 4. The third-order valence-corrected chi connectivity index (χ3v) is 4.69. The van der Waals surface area contributed by atoms with Crippen LogP contribution in [0.3, 0.4) is 0 Å². The highest BCUT2D eigenvalue weighted by Crippen LogP contribution is 2.19. The summed E-state index contributed by atoms with van der Waals surface area (Å²) in [5.41, 5.74) is 4.24. The van der Waals surface area contributed by atoms with E-state index in [1.54, 1.807) is 12.1 Å². The lowest BCUT2D eigenvalue weighted by atomic mass is 10.1. The van der Waals surface area contributed by atoms with E-state index in [9.17, 15) is 14.9 Å². The summed E-state index contributed by atoms with van der Waals surface area (Å²) in [5, 5.41) is 9.42. The van der Waals surface area contributed by atoms with E-state index in [1.807, 2.05) is 45.0 Å². The van der Waals surface area contributed by atoms with Crippen molar-refractivity contribution in [1.82, 2.24) is 4.57 Å². The highest BCUT2D eigenvalue weighted by molar-refractivity contribution is 6.03. The first-order valence-electron chi connectivity index (χ1n) is 9.38. The number of carbonyl (C=O) groups excluding carboxylic acids is 2. The molecule has 0 aliphatic heterocycles. The van der Waals surface area contributed by atoms with Gasteiger partial charge in [-0.25, -0.2) is 4.79 Å². The summed E-state index contributed by atoms with van der Waals surface area (Å²) in [6, 6.07) is 10.9. The highest BCUT2D eigenvalue weighted by atomic mass is 16.5. The van der Waals surface area contributed by atoms with Gasteiger partial charge in [-0.1, -0.05) is 36.8 Å². The van der Waals surface area contributed by atoms with Gasteiger partial charge < -0.3 is 9.30 Å². The van der Waals surface area contributed by atoms with Gasteiger partial charge in [-0.2, -0.15) is 5.26 Å². The molecule has 28 heavy (non-hydrogen) atoms. The van der Waals surface area contributed by atoms with E-state index in [0.29, 0.717) is 5.56 Å². The zero-order chi connectivity index (χ0) is 20.8. The van der Waals surface area contributed by atoms with E-state index in [2.05, 4.69) is 11.5 Å². The fourth-order valence-corrected chi connectivity index (χ4v) is 3.06. The number of nitriles is 1. The van der Waals surface area contributed by atoms with Gasteiger partial charge in [0.2, 0.25) is 5.78 Å². The molecule has 0 spiro atoms. The average molecular weight is 378 g/mol. The van der Waals surface area contributed by atoms with Crippen LogP contribution in [0, 0.1) is 32.1 Å². The Morgan fingerprint density at radius 2 is 1.86 bits per heavy atom. The number of aryl methyl sites for hydroxylation is 2. The monoisotopic (exact) mass is 378 g/mol. The fraction of sp³-hybridized carbons (Fsp3) is 0.348. The van der Waals surface area contributed by atoms with E-state index >= 15 is 0 Å². The van der Waals surface area contributed by atoms with Crippen LogP contribution < -0.4 is 0 Å². The van der Waals surface area contributed by atoms with Crippen molar-refractivity contribution >= 4 is 17.8 Å². The summed E-state index contributed by atoms with van der Waals surface area (Å²) in [6.07, 6.45) is 1.55. The average Bonchev–Trinajstić information content (AvgIpc) is 2.93. The van der Waals surface area contributed by atoms with Gasteiger partial charge in [-0.3, -0.25) is 4.79 Å². The number of carbonyl (C=O) groups is 2. The highest BCUT2D eigenvalue weighted by Gasteiger charge is 2.22. The molecular formula is C23H26N2O3. The second kappa shape index (κ2) is 9.18. The van der Waals surface area contributed by atoms with Gasteiger partial charge in [0, 0.05) is 23.5 Å². The SMILES string of the molecule is CCCn1c(C)cc(/C=C(\C#N)C(=O)O[C@H](C)C(=O)c2ccc(C)cc2)c1C. The maximum absolute atomic E-state index is 12.5. The third kappa shape index (κ3) is 4.77. The number of hydrogen-bond donors (Lipinski definition) is 0. The molecule has 2 aromatic rings. The van der Waals surface area contributed by atoms with Crippen molar-refractivity contribution in [2.75, 3.05) is 0 Å². The summed E-state index contributed by atoms with van der Waals surface area (Å²) in [6.45, 7) is 10.4. The molecule has 0 saturated carbocycles. The van der Waals surface area contributed by atoms with Crippen molar-refractivity contribution < 1.29 is 14.3 Å². The molecule has 1 atom stereocenters. The van der Waals surface area contributed by atoms with E-state index in [-0.39, 0.29) is 11.4 Å². The quantitative estimate of drug-likeness (QED) is 0.307. The van der Waals surface area contributed by atoms with Gasteiger partial charge in [-0.15, -0.1) is 0 Å². The zero-order valence-corrected chi connectivity index (χ0v) is 17.1. The van der Waals surface area contributed by atoms with Gasteiger partial charge in [0.05, 0.1) is 0 Å². The van der Waals surface area contributed by atoms with Crippen molar-refractivity contribution in [1.29, 1.82) is 5.26 Å². The predicted molar refractivity (Wildman–Crippen MR) is 109 cm³/mol. The van der Waals surface area contributed by atoms with Crippen molar-refractivity contribution in [2.45, 2.75) is 53.7 Å². The topological polar surface area (TPSA) is 72.1 Å². The molecular weight excluding hydrogens is 352 g/mol. The molecule has 1 aromatic heterocycles. The van der Waals surface area contributed by atoms with Gasteiger partial charge in [-0.05, 0) is 51.8 Å². The maximum Gasteiger partial charge on any atom is 0.349 e. The van der Waals surface area contributed by atoms with Crippen LogP contribution in [0.5, 0.6) is 0 Å². The number of ether oxygens (including phenoxy) is 1.